The van der Waals surface area contributed by atoms with Crippen molar-refractivity contribution in [2.45, 2.75) is 63.2 Å². The molecule has 0 saturated heterocycles. The van der Waals surface area contributed by atoms with Crippen molar-refractivity contribution in [2.75, 3.05) is 7.11 Å². The Balaban J connectivity index is 3.18. The van der Waals surface area contributed by atoms with Gasteiger partial charge in [-0.3, -0.25) is 4.98 Å². The van der Waals surface area contributed by atoms with Gasteiger partial charge in [-0.1, -0.05) is 41.5 Å². The predicted molar refractivity (Wildman–Crippen MR) is 92.5 cm³/mol. The first-order chi connectivity index (χ1) is 9.75. The third-order valence-corrected chi connectivity index (χ3v) is 16.3. The first-order valence-corrected chi connectivity index (χ1v) is 11.3. The molecule has 0 fully saturated rings. The van der Waals surface area contributed by atoms with Crippen LogP contribution in [0.15, 0.2) is 23.4 Å². The van der Waals surface area contributed by atoms with Gasteiger partial charge in [0, 0.05) is 6.20 Å². The third-order valence-electron chi connectivity index (χ3n) is 4.14. The molecule has 3 nitrogen and oxygen atoms in total. The van der Waals surface area contributed by atoms with Crippen LogP contribution in [0.25, 0.3) is 0 Å². The lowest BCUT2D eigenvalue weighted by molar-refractivity contribution is 0.0600. The van der Waals surface area contributed by atoms with Gasteiger partial charge in [-0.25, -0.2) is 4.79 Å². The fraction of sp³-hybridized carbons (Fsp3) is 0.625. The summed E-state index contributed by atoms with van der Waals surface area (Å²) in [5.41, 5.74) is 2.51. The van der Waals surface area contributed by atoms with E-state index >= 15 is 0 Å². The Labute approximate surface area is 133 Å². The maximum atomic E-state index is 11.7. The zero-order valence-corrected chi connectivity index (χ0v) is 16.0. The Kier molecular flexibility index (Phi) is 6.47. The molecule has 21 heavy (non-hydrogen) atoms. The number of ether oxygens (including phenoxy) is 1. The van der Waals surface area contributed by atoms with Gasteiger partial charge in [0.1, 0.15) is 7.22 Å². The van der Waals surface area contributed by atoms with E-state index in [0.717, 1.165) is 5.03 Å². The molecule has 0 unspecified atom stereocenters. The van der Waals surface area contributed by atoms with Crippen molar-refractivity contribution in [3.8, 4) is 0 Å². The summed E-state index contributed by atoms with van der Waals surface area (Å²) in [5.74, 6) is -0.301. The molecule has 1 rings (SSSR count). The van der Waals surface area contributed by atoms with Crippen LogP contribution in [0, 0.1) is 0 Å². The number of carbonyl (C=O) groups is 1. The Morgan fingerprint density at radius 2 is 1.67 bits per heavy atom. The second kappa shape index (κ2) is 7.45. The molecule has 118 valence electrons. The van der Waals surface area contributed by atoms with Gasteiger partial charge < -0.3 is 4.74 Å². The van der Waals surface area contributed by atoms with Crippen LogP contribution >= 0.6 is 11.2 Å². The molecular weight excluding hydrogens is 298 g/mol. The zero-order valence-electron chi connectivity index (χ0n) is 14.1. The summed E-state index contributed by atoms with van der Waals surface area (Å²) >= 11 is 1.92. The summed E-state index contributed by atoms with van der Waals surface area (Å²) in [5, 5.41) is 0.945. The van der Waals surface area contributed by atoms with Crippen LogP contribution in [0.3, 0.4) is 0 Å². The molecule has 1 aromatic rings. The van der Waals surface area contributed by atoms with Gasteiger partial charge in [-0.05, 0) is 28.8 Å². The van der Waals surface area contributed by atoms with Crippen molar-refractivity contribution in [3.05, 3.63) is 23.9 Å². The SMILES string of the molecule is COC(=O)c1ccnc(S[Si](C(C)C)(C(C)C)C(C)C)c1. The number of aromatic nitrogens is 1. The van der Waals surface area contributed by atoms with Crippen molar-refractivity contribution in [2.24, 2.45) is 0 Å². The van der Waals surface area contributed by atoms with Gasteiger partial charge >= 0.3 is 5.97 Å². The molecule has 0 N–H and O–H groups in total. The smallest absolute Gasteiger partial charge is 0.337 e. The molecule has 0 radical (unpaired) electrons. The highest BCUT2D eigenvalue weighted by molar-refractivity contribution is 8.29. The normalized spacial score (nSPS) is 12.3. The highest BCUT2D eigenvalue weighted by atomic mass is 32.4. The van der Waals surface area contributed by atoms with Gasteiger partial charge in [0.05, 0.1) is 17.7 Å². The molecule has 1 heterocycles. The molecule has 5 heteroatoms. The van der Waals surface area contributed by atoms with Crippen LogP contribution in [0.4, 0.5) is 0 Å². The molecular formula is C16H27NO2SSi. The fourth-order valence-electron chi connectivity index (χ4n) is 3.24. The van der Waals surface area contributed by atoms with Crippen LogP contribution in [0.2, 0.25) is 16.6 Å². The average Bonchev–Trinajstić information content (AvgIpc) is 2.42. The van der Waals surface area contributed by atoms with Crippen molar-refractivity contribution in [1.29, 1.82) is 0 Å². The molecule has 0 aromatic carbocycles. The highest BCUT2D eigenvalue weighted by Crippen LogP contribution is 2.51. The largest absolute Gasteiger partial charge is 0.465 e. The number of nitrogens with zero attached hydrogens (tertiary/aromatic N) is 1. The first kappa shape index (κ1) is 18.2. The Bertz CT molecular complexity index is 467. The van der Waals surface area contributed by atoms with Crippen molar-refractivity contribution in [1.82, 2.24) is 4.98 Å². The van der Waals surface area contributed by atoms with Crippen molar-refractivity contribution < 1.29 is 9.53 Å². The van der Waals surface area contributed by atoms with Crippen LogP contribution < -0.4 is 0 Å². The minimum absolute atomic E-state index is 0.301. The van der Waals surface area contributed by atoms with E-state index in [1.807, 2.05) is 17.3 Å². The van der Waals surface area contributed by atoms with Gasteiger partial charge in [0.2, 0.25) is 0 Å². The number of hydrogen-bond donors (Lipinski definition) is 0. The number of rotatable bonds is 6. The molecule has 0 spiro atoms. The lowest BCUT2D eigenvalue weighted by Gasteiger charge is -2.41. The van der Waals surface area contributed by atoms with Gasteiger partial charge in [-0.15, -0.1) is 11.2 Å². The summed E-state index contributed by atoms with van der Waals surface area (Å²) in [4.78, 5) is 16.2. The van der Waals surface area contributed by atoms with Crippen LogP contribution in [0.5, 0.6) is 0 Å². The minimum Gasteiger partial charge on any atom is -0.465 e. The summed E-state index contributed by atoms with van der Waals surface area (Å²) in [6.07, 6.45) is 1.70. The Hall–Kier alpha value is -0.813. The average molecular weight is 326 g/mol. The van der Waals surface area contributed by atoms with Crippen LogP contribution in [-0.2, 0) is 4.74 Å². The number of esters is 1. The highest BCUT2D eigenvalue weighted by Gasteiger charge is 2.44. The van der Waals surface area contributed by atoms with Gasteiger partial charge in [0.25, 0.3) is 0 Å². The summed E-state index contributed by atoms with van der Waals surface area (Å²) in [6, 6.07) is 3.57. The Morgan fingerprint density at radius 1 is 1.14 bits per heavy atom. The van der Waals surface area contributed by atoms with E-state index in [4.69, 9.17) is 4.74 Å². The van der Waals surface area contributed by atoms with E-state index in [1.165, 1.54) is 7.11 Å². The van der Waals surface area contributed by atoms with Crippen LogP contribution in [-0.4, -0.2) is 25.3 Å². The van der Waals surface area contributed by atoms with Gasteiger partial charge in [-0.2, -0.15) is 0 Å². The van der Waals surface area contributed by atoms with E-state index < -0.39 is 7.22 Å². The predicted octanol–water partition coefficient (Wildman–Crippen LogP) is 5.14. The Morgan fingerprint density at radius 3 is 2.10 bits per heavy atom. The molecule has 0 saturated carbocycles. The van der Waals surface area contributed by atoms with E-state index in [-0.39, 0.29) is 5.97 Å². The van der Waals surface area contributed by atoms with E-state index in [0.29, 0.717) is 22.2 Å². The zero-order chi connectivity index (χ0) is 16.2. The lowest BCUT2D eigenvalue weighted by Crippen LogP contribution is -2.41. The number of pyridine rings is 1. The van der Waals surface area contributed by atoms with Crippen LogP contribution in [0.1, 0.15) is 51.9 Å². The summed E-state index contributed by atoms with van der Waals surface area (Å²) in [6.45, 7) is 13.9. The molecule has 0 atom stereocenters. The number of methoxy groups -OCH3 is 1. The second-order valence-electron chi connectivity index (χ2n) is 6.29. The lowest BCUT2D eigenvalue weighted by atomic mass is 10.3. The number of hydrogen-bond acceptors (Lipinski definition) is 4. The molecule has 0 amide bonds. The maximum Gasteiger partial charge on any atom is 0.337 e. The minimum atomic E-state index is -1.63. The van der Waals surface area contributed by atoms with E-state index in [1.54, 1.807) is 12.3 Å². The molecule has 0 aliphatic carbocycles. The van der Waals surface area contributed by atoms with Crippen molar-refractivity contribution >= 4 is 24.4 Å². The van der Waals surface area contributed by atoms with E-state index in [9.17, 15) is 4.79 Å². The third kappa shape index (κ3) is 3.89. The summed E-state index contributed by atoms with van der Waals surface area (Å²) in [7, 11) is -0.227. The quantitative estimate of drug-likeness (QED) is 0.536. The molecule has 1 aromatic heterocycles. The van der Waals surface area contributed by atoms with Gasteiger partial charge in [0.15, 0.2) is 0 Å². The molecule has 0 aliphatic rings. The topological polar surface area (TPSA) is 39.2 Å². The summed E-state index contributed by atoms with van der Waals surface area (Å²) < 4.78 is 4.80. The molecule has 0 aliphatic heterocycles. The second-order valence-corrected chi connectivity index (χ2v) is 14.8. The number of carbonyl (C=O) groups excluding carboxylic acids is 1. The first-order valence-electron chi connectivity index (χ1n) is 7.49. The monoisotopic (exact) mass is 325 g/mol. The van der Waals surface area contributed by atoms with E-state index in [2.05, 4.69) is 46.5 Å². The standard InChI is InChI=1S/C16H27NO2SSi/c1-11(2)21(12(3)4,13(5)6)20-15-10-14(8-9-17-15)16(18)19-7/h8-13H,1-7H3. The molecule has 0 bridgehead atoms. The fourth-order valence-corrected chi connectivity index (χ4v) is 12.2. The maximum absolute atomic E-state index is 11.7. The van der Waals surface area contributed by atoms with Crippen molar-refractivity contribution in [3.63, 3.8) is 0 Å².